The minimum absolute atomic E-state index is 0.0751. The van der Waals surface area contributed by atoms with E-state index in [1.54, 1.807) is 17.6 Å². The van der Waals surface area contributed by atoms with Crippen molar-refractivity contribution in [2.45, 2.75) is 62.8 Å². The van der Waals surface area contributed by atoms with E-state index in [-0.39, 0.29) is 53.8 Å². The summed E-state index contributed by atoms with van der Waals surface area (Å²) >= 11 is 1.50. The maximum atomic E-state index is 13.8. The predicted molar refractivity (Wildman–Crippen MR) is 202 cm³/mol. The molecule has 5 aromatic rings. The van der Waals surface area contributed by atoms with Crippen LogP contribution in [-0.2, 0) is 37.5 Å². The molecule has 0 bridgehead atoms. The molecule has 9 nitrogen and oxygen atoms in total. The molecule has 3 aliphatic heterocycles. The fraction of sp³-hybridized carbons (Fsp3) is 0.250. The van der Waals surface area contributed by atoms with Gasteiger partial charge in [-0.25, -0.2) is 9.78 Å². The normalized spacial score (nSPS) is 17.5. The summed E-state index contributed by atoms with van der Waals surface area (Å²) in [5.74, 6) is -1.01. The molecule has 0 saturated heterocycles. The van der Waals surface area contributed by atoms with Crippen LogP contribution in [0.1, 0.15) is 56.4 Å². The number of hydrogen-bond donors (Lipinski definition) is 2. The number of nitrogens with one attached hydrogen (secondary N) is 1. The molecule has 3 aromatic carbocycles. The highest BCUT2D eigenvalue weighted by Crippen LogP contribution is 2.46. The Morgan fingerprint density at radius 3 is 2.37 bits per heavy atom. The molecule has 0 unspecified atom stereocenters. The number of thioether (sulfide) groups is 1. The molecule has 11 heteroatoms. The van der Waals surface area contributed by atoms with Crippen LogP contribution in [-0.4, -0.2) is 41.5 Å². The molecule has 2 aromatic heterocycles. The van der Waals surface area contributed by atoms with E-state index in [9.17, 15) is 19.5 Å². The van der Waals surface area contributed by atoms with Gasteiger partial charge in [-0.3, -0.25) is 9.59 Å². The van der Waals surface area contributed by atoms with Crippen molar-refractivity contribution in [1.82, 2.24) is 9.55 Å². The van der Waals surface area contributed by atoms with Crippen LogP contribution in [0.4, 0.5) is 5.69 Å². The third-order valence-corrected chi connectivity index (χ3v) is 16.3. The summed E-state index contributed by atoms with van der Waals surface area (Å²) in [5, 5.41) is 19.2. The lowest BCUT2D eigenvalue weighted by atomic mass is 9.86. The monoisotopic (exact) mass is 715 g/mol. The fourth-order valence-corrected chi connectivity index (χ4v) is 13.3. The van der Waals surface area contributed by atoms with Crippen LogP contribution >= 0.6 is 11.8 Å². The van der Waals surface area contributed by atoms with Gasteiger partial charge in [-0.05, 0) is 57.1 Å². The number of rotatable bonds is 7. The smallest absolute Gasteiger partial charge is 0.343 e. The molecule has 2 N–H and O–H groups in total. The molecule has 3 aliphatic rings. The van der Waals surface area contributed by atoms with Gasteiger partial charge in [-0.2, -0.15) is 0 Å². The van der Waals surface area contributed by atoms with Gasteiger partial charge in [0.1, 0.15) is 13.2 Å². The standard InChI is InChI=1S/C40H37N3O6SSi/c1-5-40(47)29-20-32-35-27(21-43(32)37(45)28(29)22-48-38(40)46)26-18-19-50-36-31(17-16-30(42-35)34(26)36)41-33(44)23-49-51(39(2,3)4,24-12-8-6-9-13-24)25-14-10-7-11-15-25/h6-20,47H,5,21-23H2,1-4H3,(H,41,44)/t40-/m0/s1. The number of aliphatic hydroxyl groups is 1. The Balaban J connectivity index is 1.15. The first-order valence-electron chi connectivity index (χ1n) is 17.0. The van der Waals surface area contributed by atoms with Crippen LogP contribution < -0.4 is 21.2 Å². The number of hydrogen-bond acceptors (Lipinski definition) is 8. The van der Waals surface area contributed by atoms with E-state index in [1.807, 2.05) is 60.0 Å². The first kappa shape index (κ1) is 33.3. The minimum atomic E-state index is -2.92. The fourth-order valence-electron chi connectivity index (χ4n) is 7.87. The van der Waals surface area contributed by atoms with Crippen LogP contribution in [0.15, 0.2) is 94.0 Å². The predicted octanol–water partition coefficient (Wildman–Crippen LogP) is 5.67. The lowest BCUT2D eigenvalue weighted by molar-refractivity contribution is -0.172. The number of amides is 1. The number of carbonyl (C=O) groups excluding carboxylic acids is 2. The Morgan fingerprint density at radius 1 is 1.04 bits per heavy atom. The Labute approximate surface area is 300 Å². The van der Waals surface area contributed by atoms with Gasteiger partial charge in [-0.15, -0.1) is 0 Å². The molecule has 0 radical (unpaired) electrons. The van der Waals surface area contributed by atoms with Crippen molar-refractivity contribution in [3.8, 4) is 11.4 Å². The number of pyridine rings is 2. The van der Waals surface area contributed by atoms with E-state index in [4.69, 9.17) is 14.1 Å². The number of nitrogens with zero attached hydrogens (tertiary/aromatic N) is 2. The number of carbonyl (C=O) groups is 2. The van der Waals surface area contributed by atoms with Crippen molar-refractivity contribution in [2.24, 2.45) is 0 Å². The Morgan fingerprint density at radius 2 is 1.73 bits per heavy atom. The lowest BCUT2D eigenvalue weighted by Crippen LogP contribution is -2.67. The zero-order valence-electron chi connectivity index (χ0n) is 28.8. The molecule has 0 aliphatic carbocycles. The van der Waals surface area contributed by atoms with Crippen LogP contribution in [0.5, 0.6) is 0 Å². The molecule has 0 saturated carbocycles. The average Bonchev–Trinajstić information content (AvgIpc) is 3.51. The van der Waals surface area contributed by atoms with E-state index < -0.39 is 19.9 Å². The zero-order valence-corrected chi connectivity index (χ0v) is 30.6. The van der Waals surface area contributed by atoms with Gasteiger partial charge in [0.2, 0.25) is 5.91 Å². The van der Waals surface area contributed by atoms with Crippen molar-refractivity contribution in [2.75, 3.05) is 11.9 Å². The summed E-state index contributed by atoms with van der Waals surface area (Å²) in [6.07, 6.45) is 2.09. The van der Waals surface area contributed by atoms with E-state index in [2.05, 4.69) is 50.4 Å². The van der Waals surface area contributed by atoms with Gasteiger partial charge in [-0.1, -0.05) is 100 Å². The molecule has 0 spiro atoms. The molecule has 258 valence electrons. The zero-order chi connectivity index (χ0) is 35.7. The van der Waals surface area contributed by atoms with Crippen molar-refractivity contribution >= 4 is 65.0 Å². The SMILES string of the molecule is CC[C@@]1(O)C(=O)OCc2c1cc1n(c2=O)Cc2c-1nc1ccc(NC(=O)CO[Si](c3ccccc3)(c3ccccc3)C(C)(C)C)c3c1c2C=CS3. The molecule has 8 rings (SSSR count). The number of anilines is 1. The molecular weight excluding hydrogens is 679 g/mol. The van der Waals surface area contributed by atoms with Crippen molar-refractivity contribution < 1.29 is 23.9 Å². The van der Waals surface area contributed by atoms with Gasteiger partial charge in [0, 0.05) is 21.4 Å². The van der Waals surface area contributed by atoms with Gasteiger partial charge < -0.3 is 24.2 Å². The van der Waals surface area contributed by atoms with Crippen LogP contribution in [0.2, 0.25) is 5.04 Å². The van der Waals surface area contributed by atoms with Gasteiger partial charge in [0.15, 0.2) is 5.60 Å². The highest BCUT2D eigenvalue weighted by Gasteiger charge is 2.50. The summed E-state index contributed by atoms with van der Waals surface area (Å²) in [5.41, 5.74) is 2.70. The second-order valence-electron chi connectivity index (χ2n) is 14.2. The largest absolute Gasteiger partial charge is 0.458 e. The summed E-state index contributed by atoms with van der Waals surface area (Å²) < 4.78 is 13.8. The van der Waals surface area contributed by atoms with Crippen LogP contribution in [0, 0.1) is 0 Å². The average molecular weight is 716 g/mol. The highest BCUT2D eigenvalue weighted by molar-refractivity contribution is 8.02. The maximum Gasteiger partial charge on any atom is 0.343 e. The first-order valence-corrected chi connectivity index (χ1v) is 19.8. The van der Waals surface area contributed by atoms with Crippen LogP contribution in [0.3, 0.4) is 0 Å². The number of cyclic esters (lactones) is 1. The third kappa shape index (κ3) is 5.05. The van der Waals surface area contributed by atoms with Gasteiger partial charge >= 0.3 is 5.97 Å². The molecule has 51 heavy (non-hydrogen) atoms. The van der Waals surface area contributed by atoms with Gasteiger partial charge in [0.25, 0.3) is 13.9 Å². The molecular formula is C40H37N3O6SSi. The number of aromatic nitrogens is 2. The maximum absolute atomic E-state index is 13.8. The number of esters is 1. The molecule has 0 fully saturated rings. The van der Waals surface area contributed by atoms with Crippen LogP contribution in [0.25, 0.3) is 28.4 Å². The number of fused-ring (bicyclic) bond motifs is 5. The van der Waals surface area contributed by atoms with E-state index in [0.29, 0.717) is 22.6 Å². The third-order valence-electron chi connectivity index (χ3n) is 10.4. The lowest BCUT2D eigenvalue weighted by Gasteiger charge is -2.42. The molecule has 1 amide bonds. The van der Waals surface area contributed by atoms with Crippen molar-refractivity contribution in [1.29, 1.82) is 0 Å². The Hall–Kier alpha value is -4.81. The van der Waals surface area contributed by atoms with E-state index >= 15 is 0 Å². The summed E-state index contributed by atoms with van der Waals surface area (Å²) in [4.78, 5) is 46.1. The quantitative estimate of drug-likeness (QED) is 0.160. The van der Waals surface area contributed by atoms with E-state index in [0.717, 1.165) is 31.8 Å². The van der Waals surface area contributed by atoms with Gasteiger partial charge in [0.05, 0.1) is 34.7 Å². The minimum Gasteiger partial charge on any atom is -0.458 e. The van der Waals surface area contributed by atoms with E-state index in [1.165, 1.54) is 11.8 Å². The second kappa shape index (κ2) is 12.2. The van der Waals surface area contributed by atoms with Crippen molar-refractivity contribution in [3.63, 3.8) is 0 Å². The summed E-state index contributed by atoms with van der Waals surface area (Å²) in [6, 6.07) is 25.9. The Bertz CT molecular complexity index is 2310. The highest BCUT2D eigenvalue weighted by atomic mass is 32.2. The molecule has 5 heterocycles. The van der Waals surface area contributed by atoms with Crippen molar-refractivity contribution in [3.05, 3.63) is 117 Å². The summed E-state index contributed by atoms with van der Waals surface area (Å²) in [6.45, 7) is 8.20. The Kier molecular flexibility index (Phi) is 7.95. The molecule has 1 atom stereocenters. The first-order chi connectivity index (χ1) is 24.5. The summed E-state index contributed by atoms with van der Waals surface area (Å²) in [7, 11) is -2.92. The number of benzene rings is 3. The second-order valence-corrected chi connectivity index (χ2v) is 19.4. The topological polar surface area (TPSA) is 120 Å². The number of ether oxygens (including phenoxy) is 1.